The Morgan fingerprint density at radius 2 is 1.68 bits per heavy atom. The summed E-state index contributed by atoms with van der Waals surface area (Å²) in [5.74, 6) is 0.207. The maximum absolute atomic E-state index is 12.8. The minimum Gasteiger partial charge on any atom is -0.354 e. The van der Waals surface area contributed by atoms with Crippen molar-refractivity contribution in [1.82, 2.24) is 15.1 Å². The molecule has 5 nitrogen and oxygen atoms in total. The molecule has 0 radical (unpaired) electrons. The van der Waals surface area contributed by atoms with Crippen molar-refractivity contribution in [2.75, 3.05) is 26.2 Å². The van der Waals surface area contributed by atoms with Crippen molar-refractivity contribution in [3.8, 4) is 0 Å². The molecule has 1 N–H and O–H groups in total. The second-order valence-electron chi connectivity index (χ2n) is 8.96. The molecule has 5 heteroatoms. The Bertz CT molecular complexity index is 934. The molecule has 0 saturated carbocycles. The van der Waals surface area contributed by atoms with E-state index in [1.54, 1.807) is 0 Å². The number of carbonyl (C=O) groups excluding carboxylic acids is 2. The van der Waals surface area contributed by atoms with Gasteiger partial charge in [0.15, 0.2) is 0 Å². The van der Waals surface area contributed by atoms with Gasteiger partial charge in [0.1, 0.15) is 0 Å². The van der Waals surface area contributed by atoms with Gasteiger partial charge < -0.3 is 10.2 Å². The van der Waals surface area contributed by atoms with E-state index in [0.717, 1.165) is 43.5 Å². The van der Waals surface area contributed by atoms with Crippen LogP contribution < -0.4 is 5.32 Å². The summed E-state index contributed by atoms with van der Waals surface area (Å²) in [7, 11) is 0. The van der Waals surface area contributed by atoms with Gasteiger partial charge in [-0.05, 0) is 55.9 Å². The molecule has 0 aliphatic carbocycles. The molecule has 2 aromatic carbocycles. The Hall–Kier alpha value is -2.66. The van der Waals surface area contributed by atoms with Crippen molar-refractivity contribution in [3.05, 3.63) is 70.8 Å². The van der Waals surface area contributed by atoms with Crippen LogP contribution in [-0.4, -0.2) is 53.8 Å². The molecule has 1 saturated heterocycles. The summed E-state index contributed by atoms with van der Waals surface area (Å²) in [6.45, 7) is 8.10. The minimum atomic E-state index is -0.00444. The fourth-order valence-electron chi connectivity index (χ4n) is 4.74. The third-order valence-corrected chi connectivity index (χ3v) is 6.88. The lowest BCUT2D eigenvalue weighted by Gasteiger charge is -2.35. The van der Waals surface area contributed by atoms with Crippen LogP contribution in [0.25, 0.3) is 0 Å². The van der Waals surface area contributed by atoms with Gasteiger partial charge in [-0.15, -0.1) is 0 Å². The summed E-state index contributed by atoms with van der Waals surface area (Å²) in [6, 6.07) is 16.7. The van der Waals surface area contributed by atoms with Gasteiger partial charge in [-0.3, -0.25) is 14.5 Å². The Morgan fingerprint density at radius 3 is 2.42 bits per heavy atom. The van der Waals surface area contributed by atoms with Gasteiger partial charge in [0.05, 0.1) is 0 Å². The molecular formula is C26H33N3O2. The monoisotopic (exact) mass is 419 g/mol. The normalized spacial score (nSPS) is 18.3. The van der Waals surface area contributed by atoms with Crippen LogP contribution in [-0.2, 0) is 17.8 Å². The van der Waals surface area contributed by atoms with Gasteiger partial charge >= 0.3 is 0 Å². The van der Waals surface area contributed by atoms with E-state index in [9.17, 15) is 9.59 Å². The number of piperidine rings is 1. The summed E-state index contributed by atoms with van der Waals surface area (Å²) >= 11 is 0. The van der Waals surface area contributed by atoms with Gasteiger partial charge in [0.2, 0.25) is 5.91 Å². The molecule has 31 heavy (non-hydrogen) atoms. The van der Waals surface area contributed by atoms with E-state index in [-0.39, 0.29) is 17.7 Å². The van der Waals surface area contributed by atoms with E-state index in [1.165, 1.54) is 11.1 Å². The Balaban J connectivity index is 1.23. The summed E-state index contributed by atoms with van der Waals surface area (Å²) in [5.41, 5.74) is 4.61. The number of aryl methyl sites for hydroxylation is 1. The van der Waals surface area contributed by atoms with Crippen LogP contribution in [0.15, 0.2) is 48.5 Å². The fraction of sp³-hybridized carbons (Fsp3) is 0.462. The van der Waals surface area contributed by atoms with Crippen molar-refractivity contribution in [2.45, 2.75) is 45.7 Å². The molecule has 1 unspecified atom stereocenters. The number of likely N-dealkylation sites (tertiary alicyclic amines) is 1. The number of amides is 2. The molecule has 2 aliphatic heterocycles. The van der Waals surface area contributed by atoms with Crippen molar-refractivity contribution >= 4 is 11.8 Å². The molecule has 2 aliphatic rings. The first-order chi connectivity index (χ1) is 15.0. The predicted molar refractivity (Wildman–Crippen MR) is 123 cm³/mol. The first kappa shape index (κ1) is 21.6. The van der Waals surface area contributed by atoms with E-state index in [1.807, 2.05) is 36.1 Å². The molecule has 1 fully saturated rings. The van der Waals surface area contributed by atoms with Crippen molar-refractivity contribution in [3.63, 3.8) is 0 Å². The highest BCUT2D eigenvalue weighted by atomic mass is 16.2. The number of benzene rings is 2. The number of fused-ring (bicyclic) bond motifs is 1. The number of rotatable bonds is 5. The molecule has 2 aromatic rings. The molecule has 164 valence electrons. The summed E-state index contributed by atoms with van der Waals surface area (Å²) in [4.78, 5) is 29.9. The molecule has 1 atom stereocenters. The van der Waals surface area contributed by atoms with Crippen molar-refractivity contribution in [2.24, 2.45) is 5.92 Å². The van der Waals surface area contributed by atoms with Crippen LogP contribution in [0.2, 0.25) is 0 Å². The maximum atomic E-state index is 12.8. The van der Waals surface area contributed by atoms with Crippen LogP contribution in [0.5, 0.6) is 0 Å². The van der Waals surface area contributed by atoms with Gasteiger partial charge in [0.25, 0.3) is 5.91 Å². The second-order valence-corrected chi connectivity index (χ2v) is 8.96. The van der Waals surface area contributed by atoms with E-state index in [0.29, 0.717) is 25.7 Å². The van der Waals surface area contributed by atoms with Gasteiger partial charge in [-0.2, -0.15) is 0 Å². The zero-order valence-corrected chi connectivity index (χ0v) is 18.6. The molecule has 2 amide bonds. The van der Waals surface area contributed by atoms with E-state index >= 15 is 0 Å². The summed E-state index contributed by atoms with van der Waals surface area (Å²) in [6.07, 6.45) is 2.53. The minimum absolute atomic E-state index is 0.00444. The Kier molecular flexibility index (Phi) is 6.71. The maximum Gasteiger partial charge on any atom is 0.254 e. The molecule has 4 rings (SSSR count). The average molecular weight is 420 g/mol. The quantitative estimate of drug-likeness (QED) is 0.808. The molecule has 0 aromatic heterocycles. The van der Waals surface area contributed by atoms with Crippen LogP contribution in [0.3, 0.4) is 0 Å². The summed E-state index contributed by atoms with van der Waals surface area (Å²) < 4.78 is 0. The topological polar surface area (TPSA) is 52.7 Å². The number of nitrogens with zero attached hydrogens (tertiary/aromatic N) is 2. The molecule has 0 spiro atoms. The molecule has 0 bridgehead atoms. The highest BCUT2D eigenvalue weighted by Crippen LogP contribution is 2.22. The largest absolute Gasteiger partial charge is 0.354 e. The van der Waals surface area contributed by atoms with Crippen molar-refractivity contribution in [1.29, 1.82) is 0 Å². The summed E-state index contributed by atoms with van der Waals surface area (Å²) in [5, 5.41) is 3.17. The van der Waals surface area contributed by atoms with Crippen LogP contribution in [0.1, 0.15) is 46.8 Å². The smallest absolute Gasteiger partial charge is 0.254 e. The lowest BCUT2D eigenvalue weighted by atomic mass is 9.95. The van der Waals surface area contributed by atoms with Crippen molar-refractivity contribution < 1.29 is 9.59 Å². The lowest BCUT2D eigenvalue weighted by Crippen LogP contribution is -2.47. The highest BCUT2D eigenvalue weighted by molar-refractivity contribution is 5.95. The number of nitrogens with one attached hydrogen (secondary N) is 1. The third-order valence-electron chi connectivity index (χ3n) is 6.88. The van der Waals surface area contributed by atoms with Gasteiger partial charge in [-0.25, -0.2) is 0 Å². The lowest BCUT2D eigenvalue weighted by molar-refractivity contribution is -0.126. The van der Waals surface area contributed by atoms with Gasteiger partial charge in [-0.1, -0.05) is 42.5 Å². The standard InChI is InChI=1S/C26H33N3O2/c1-19-7-3-6-10-24(19)26(31)28-14-12-22(13-15-28)25(30)27-17-20(2)29-16-11-21-8-4-5-9-23(21)18-29/h3-10,20,22H,11-18H2,1-2H3,(H,27,30). The zero-order chi connectivity index (χ0) is 21.8. The predicted octanol–water partition coefficient (Wildman–Crippen LogP) is 3.41. The van der Waals surface area contributed by atoms with E-state index < -0.39 is 0 Å². The Labute approximate surface area is 185 Å². The molecular weight excluding hydrogens is 386 g/mol. The average Bonchev–Trinajstić information content (AvgIpc) is 2.82. The molecule has 2 heterocycles. The third kappa shape index (κ3) is 4.99. The van der Waals surface area contributed by atoms with Crippen LogP contribution in [0, 0.1) is 12.8 Å². The van der Waals surface area contributed by atoms with Gasteiger partial charge in [0, 0.05) is 50.2 Å². The number of hydrogen-bond donors (Lipinski definition) is 1. The zero-order valence-electron chi connectivity index (χ0n) is 18.6. The van der Waals surface area contributed by atoms with Crippen LogP contribution in [0.4, 0.5) is 0 Å². The van der Waals surface area contributed by atoms with E-state index in [2.05, 4.69) is 41.4 Å². The Morgan fingerprint density at radius 1 is 1.00 bits per heavy atom. The SMILES string of the molecule is Cc1ccccc1C(=O)N1CCC(C(=O)NCC(C)N2CCc3ccccc3C2)CC1. The fourth-order valence-corrected chi connectivity index (χ4v) is 4.74. The first-order valence-corrected chi connectivity index (χ1v) is 11.5. The number of hydrogen-bond acceptors (Lipinski definition) is 3. The highest BCUT2D eigenvalue weighted by Gasteiger charge is 2.29. The second kappa shape index (κ2) is 9.65. The number of carbonyl (C=O) groups is 2. The first-order valence-electron chi connectivity index (χ1n) is 11.5. The van der Waals surface area contributed by atoms with Crippen LogP contribution >= 0.6 is 0 Å². The van der Waals surface area contributed by atoms with E-state index in [4.69, 9.17) is 0 Å².